The molecule has 4 rings (SSSR count). The van der Waals surface area contributed by atoms with Crippen LogP contribution in [0.4, 0.5) is 5.00 Å². The van der Waals surface area contributed by atoms with Crippen molar-refractivity contribution in [2.75, 3.05) is 12.4 Å². The van der Waals surface area contributed by atoms with Gasteiger partial charge in [0.05, 0.1) is 48.0 Å². The molecule has 1 amide bonds. The molecule has 0 aliphatic heterocycles. The van der Waals surface area contributed by atoms with Gasteiger partial charge in [0.1, 0.15) is 5.00 Å². The van der Waals surface area contributed by atoms with Crippen molar-refractivity contribution in [3.05, 3.63) is 38.8 Å². The van der Waals surface area contributed by atoms with E-state index in [9.17, 15) is 9.59 Å². The average molecular weight is 433 g/mol. The fraction of sp³-hybridized carbons (Fsp3) is 0.444. The van der Waals surface area contributed by atoms with Gasteiger partial charge in [0.2, 0.25) is 0 Å². The van der Waals surface area contributed by atoms with Gasteiger partial charge in [-0.05, 0) is 45.1 Å². The molecule has 0 radical (unpaired) electrons. The minimum atomic E-state index is -0.424. The lowest BCUT2D eigenvalue weighted by molar-refractivity contribution is 0.0601. The normalized spacial score (nSPS) is 13.2. The van der Waals surface area contributed by atoms with Crippen LogP contribution in [0.25, 0.3) is 0 Å². The molecule has 3 aromatic rings. The average Bonchev–Trinajstić information content (AvgIpc) is 3.39. The highest BCUT2D eigenvalue weighted by Crippen LogP contribution is 2.38. The van der Waals surface area contributed by atoms with Crippen LogP contribution in [-0.4, -0.2) is 42.7 Å². The number of hydrogen-bond acceptors (Lipinski definition) is 9. The molecule has 0 bridgehead atoms. The summed E-state index contributed by atoms with van der Waals surface area (Å²) in [5.74, 6) is -0.822. The SMILES string of the molecule is COC(=O)c1c(NC(=O)c2nnn(Cc3nsnc3C)c2C)sc2c1CCCC2. The summed E-state index contributed by atoms with van der Waals surface area (Å²) in [5.41, 5.74) is 3.94. The molecule has 3 heterocycles. The molecule has 1 N–H and O–H groups in total. The molecule has 0 unspecified atom stereocenters. The number of aromatic nitrogens is 5. The molecule has 0 saturated carbocycles. The Kier molecular flexibility index (Phi) is 5.41. The van der Waals surface area contributed by atoms with Crippen molar-refractivity contribution in [1.29, 1.82) is 0 Å². The van der Waals surface area contributed by atoms with Crippen LogP contribution in [0.3, 0.4) is 0 Å². The molecule has 29 heavy (non-hydrogen) atoms. The van der Waals surface area contributed by atoms with Gasteiger partial charge in [0.25, 0.3) is 5.91 Å². The Labute approximate surface area is 175 Å². The highest BCUT2D eigenvalue weighted by molar-refractivity contribution is 7.17. The Morgan fingerprint density at radius 2 is 2.00 bits per heavy atom. The number of rotatable bonds is 5. The first-order chi connectivity index (χ1) is 14.0. The zero-order valence-corrected chi connectivity index (χ0v) is 17.9. The Morgan fingerprint density at radius 1 is 1.21 bits per heavy atom. The largest absolute Gasteiger partial charge is 0.465 e. The summed E-state index contributed by atoms with van der Waals surface area (Å²) in [5, 5.41) is 11.5. The van der Waals surface area contributed by atoms with Crippen molar-refractivity contribution < 1.29 is 14.3 Å². The van der Waals surface area contributed by atoms with Crippen LogP contribution in [0.15, 0.2) is 0 Å². The molecule has 0 aromatic carbocycles. The van der Waals surface area contributed by atoms with Crippen LogP contribution in [-0.2, 0) is 24.1 Å². The number of anilines is 1. The maximum Gasteiger partial charge on any atom is 0.341 e. The number of nitrogens with zero attached hydrogens (tertiary/aromatic N) is 5. The summed E-state index contributed by atoms with van der Waals surface area (Å²) in [6.07, 6.45) is 3.84. The van der Waals surface area contributed by atoms with Gasteiger partial charge in [-0.15, -0.1) is 16.4 Å². The van der Waals surface area contributed by atoms with E-state index in [-0.39, 0.29) is 5.69 Å². The molecule has 11 heteroatoms. The second kappa shape index (κ2) is 7.99. The van der Waals surface area contributed by atoms with Gasteiger partial charge in [-0.25, -0.2) is 9.48 Å². The van der Waals surface area contributed by atoms with Crippen molar-refractivity contribution >= 4 is 39.9 Å². The number of aryl methyl sites for hydroxylation is 2. The molecule has 0 saturated heterocycles. The number of hydrogen-bond donors (Lipinski definition) is 1. The number of carbonyl (C=O) groups is 2. The van der Waals surface area contributed by atoms with Crippen LogP contribution in [0.5, 0.6) is 0 Å². The Hall–Kier alpha value is -2.66. The summed E-state index contributed by atoms with van der Waals surface area (Å²) >= 11 is 2.58. The number of nitrogens with one attached hydrogen (secondary N) is 1. The van der Waals surface area contributed by atoms with E-state index in [1.807, 2.05) is 6.92 Å². The monoisotopic (exact) mass is 432 g/mol. The topological polar surface area (TPSA) is 112 Å². The summed E-state index contributed by atoms with van der Waals surface area (Å²) in [7, 11) is 1.35. The van der Waals surface area contributed by atoms with E-state index in [0.29, 0.717) is 22.8 Å². The number of thiophene rings is 1. The first-order valence-electron chi connectivity index (χ1n) is 9.22. The number of ether oxygens (including phenoxy) is 1. The maximum atomic E-state index is 12.9. The summed E-state index contributed by atoms with van der Waals surface area (Å²) in [6.45, 7) is 4.06. The highest BCUT2D eigenvalue weighted by Gasteiger charge is 2.28. The number of carbonyl (C=O) groups excluding carboxylic acids is 2. The van der Waals surface area contributed by atoms with Crippen molar-refractivity contribution in [3.63, 3.8) is 0 Å². The minimum absolute atomic E-state index is 0.216. The highest BCUT2D eigenvalue weighted by atomic mass is 32.1. The Bertz CT molecular complexity index is 1080. The molecular formula is C18H20N6O3S2. The summed E-state index contributed by atoms with van der Waals surface area (Å²) in [6, 6.07) is 0. The molecule has 0 spiro atoms. The summed E-state index contributed by atoms with van der Waals surface area (Å²) < 4.78 is 15.0. The fourth-order valence-corrected chi connectivity index (χ4v) is 5.22. The first-order valence-corrected chi connectivity index (χ1v) is 10.8. The lowest BCUT2D eigenvalue weighted by Crippen LogP contribution is -2.16. The van der Waals surface area contributed by atoms with E-state index in [2.05, 4.69) is 24.4 Å². The van der Waals surface area contributed by atoms with E-state index in [4.69, 9.17) is 4.74 Å². The number of fused-ring (bicyclic) bond motifs is 1. The van der Waals surface area contributed by atoms with Gasteiger partial charge in [-0.1, -0.05) is 5.21 Å². The smallest absolute Gasteiger partial charge is 0.341 e. The first kappa shape index (κ1) is 19.6. The van der Waals surface area contributed by atoms with E-state index in [0.717, 1.165) is 59.2 Å². The number of amides is 1. The van der Waals surface area contributed by atoms with Crippen molar-refractivity contribution in [1.82, 2.24) is 23.7 Å². The quantitative estimate of drug-likeness (QED) is 0.617. The van der Waals surface area contributed by atoms with Crippen molar-refractivity contribution in [2.45, 2.75) is 46.1 Å². The van der Waals surface area contributed by atoms with Crippen molar-refractivity contribution in [2.24, 2.45) is 0 Å². The van der Waals surface area contributed by atoms with Gasteiger partial charge in [0.15, 0.2) is 5.69 Å². The predicted octanol–water partition coefficient (Wildman–Crippen LogP) is 2.77. The summed E-state index contributed by atoms with van der Waals surface area (Å²) in [4.78, 5) is 26.4. The Morgan fingerprint density at radius 3 is 2.72 bits per heavy atom. The third-order valence-electron chi connectivity index (χ3n) is 5.03. The van der Waals surface area contributed by atoms with Gasteiger partial charge >= 0.3 is 5.97 Å². The number of methoxy groups -OCH3 is 1. The van der Waals surface area contributed by atoms with E-state index in [1.165, 1.54) is 18.4 Å². The molecule has 1 aliphatic carbocycles. The molecule has 0 fully saturated rings. The molecule has 3 aromatic heterocycles. The van der Waals surface area contributed by atoms with Gasteiger partial charge in [0, 0.05) is 4.88 Å². The lowest BCUT2D eigenvalue weighted by Gasteiger charge is -2.11. The number of esters is 1. The zero-order valence-electron chi connectivity index (χ0n) is 16.3. The van der Waals surface area contributed by atoms with Gasteiger partial charge < -0.3 is 10.1 Å². The molecule has 9 nitrogen and oxygen atoms in total. The molecule has 1 aliphatic rings. The third kappa shape index (κ3) is 3.67. The maximum absolute atomic E-state index is 12.9. The fourth-order valence-electron chi connectivity index (χ4n) is 3.39. The second-order valence-corrected chi connectivity index (χ2v) is 8.47. The van der Waals surface area contributed by atoms with Crippen LogP contribution in [0, 0.1) is 13.8 Å². The van der Waals surface area contributed by atoms with E-state index < -0.39 is 11.9 Å². The Balaban J connectivity index is 1.60. The van der Waals surface area contributed by atoms with Crippen molar-refractivity contribution in [3.8, 4) is 0 Å². The molecule has 152 valence electrons. The van der Waals surface area contributed by atoms with E-state index >= 15 is 0 Å². The third-order valence-corrected chi connectivity index (χ3v) is 6.90. The van der Waals surface area contributed by atoms with Crippen LogP contribution < -0.4 is 5.32 Å². The predicted molar refractivity (Wildman–Crippen MR) is 109 cm³/mol. The molecular weight excluding hydrogens is 412 g/mol. The van der Waals surface area contributed by atoms with Crippen LogP contribution >= 0.6 is 23.1 Å². The second-order valence-electron chi connectivity index (χ2n) is 6.84. The van der Waals surface area contributed by atoms with Gasteiger partial charge in [-0.2, -0.15) is 8.75 Å². The van der Waals surface area contributed by atoms with Crippen LogP contribution in [0.2, 0.25) is 0 Å². The van der Waals surface area contributed by atoms with Gasteiger partial charge in [-0.3, -0.25) is 4.79 Å². The van der Waals surface area contributed by atoms with E-state index in [1.54, 1.807) is 11.6 Å². The molecule has 0 atom stereocenters. The lowest BCUT2D eigenvalue weighted by atomic mass is 9.95. The zero-order chi connectivity index (χ0) is 20.5. The standard InChI is InChI=1S/C18H20N6O3S2/c1-9-12(22-29-21-9)8-24-10(2)15(20-23-24)16(25)19-17-14(18(26)27-3)11-6-4-5-7-13(11)28-17/h4-8H2,1-3H3,(H,19,25). The minimum Gasteiger partial charge on any atom is -0.465 e. The van der Waals surface area contributed by atoms with Crippen LogP contribution in [0.1, 0.15) is 61.2 Å².